The third-order valence-electron chi connectivity index (χ3n) is 3.87. The molecule has 0 aliphatic carbocycles. The minimum Gasteiger partial charge on any atom is -0.435 e. The lowest BCUT2D eigenvalue weighted by atomic mass is 10.2. The Morgan fingerprint density at radius 1 is 1.38 bits per heavy atom. The van der Waals surface area contributed by atoms with E-state index < -0.39 is 6.61 Å². The molecule has 3 rings (SSSR count). The average Bonchev–Trinajstić information content (AvgIpc) is 2.63. The van der Waals surface area contributed by atoms with E-state index in [0.29, 0.717) is 17.1 Å². The van der Waals surface area contributed by atoms with Crippen LogP contribution in [-0.2, 0) is 11.3 Å². The van der Waals surface area contributed by atoms with Gasteiger partial charge < -0.3 is 20.3 Å². The van der Waals surface area contributed by atoms with Gasteiger partial charge >= 0.3 is 6.61 Å². The van der Waals surface area contributed by atoms with Crippen molar-refractivity contribution in [1.29, 1.82) is 0 Å². The SMILES string of the molecule is CN1C(=O)CNc2ncc(C(=O)NCc3ccc(OC(F)F)cc3)cc21. The molecule has 1 aromatic carbocycles. The first-order valence-corrected chi connectivity index (χ1v) is 7.76. The lowest BCUT2D eigenvalue weighted by Gasteiger charge is -2.26. The molecule has 136 valence electrons. The lowest BCUT2D eigenvalue weighted by molar-refractivity contribution is -0.116. The van der Waals surface area contributed by atoms with Crippen LogP contribution in [0, 0.1) is 0 Å². The monoisotopic (exact) mass is 362 g/mol. The minimum absolute atomic E-state index is 0.0502. The van der Waals surface area contributed by atoms with Crippen molar-refractivity contribution in [3.8, 4) is 5.75 Å². The first-order valence-electron chi connectivity index (χ1n) is 7.76. The van der Waals surface area contributed by atoms with Gasteiger partial charge in [-0.1, -0.05) is 12.1 Å². The van der Waals surface area contributed by atoms with Gasteiger partial charge in [-0.2, -0.15) is 8.78 Å². The van der Waals surface area contributed by atoms with Crippen LogP contribution >= 0.6 is 0 Å². The largest absolute Gasteiger partial charge is 0.435 e. The average molecular weight is 362 g/mol. The third-order valence-corrected chi connectivity index (χ3v) is 3.87. The highest BCUT2D eigenvalue weighted by molar-refractivity contribution is 6.03. The molecule has 2 heterocycles. The van der Waals surface area contributed by atoms with E-state index in [1.165, 1.54) is 23.2 Å². The number of fused-ring (bicyclic) bond motifs is 1. The number of rotatable bonds is 5. The van der Waals surface area contributed by atoms with Gasteiger partial charge in [0.1, 0.15) is 11.6 Å². The Morgan fingerprint density at radius 3 is 2.81 bits per heavy atom. The van der Waals surface area contributed by atoms with Crippen molar-refractivity contribution < 1.29 is 23.1 Å². The number of amides is 2. The molecule has 0 bridgehead atoms. The third kappa shape index (κ3) is 3.88. The molecule has 0 radical (unpaired) electrons. The Hall–Kier alpha value is -3.23. The summed E-state index contributed by atoms with van der Waals surface area (Å²) in [6.45, 7) is -2.51. The highest BCUT2D eigenvalue weighted by Crippen LogP contribution is 2.27. The zero-order valence-corrected chi connectivity index (χ0v) is 13.8. The number of anilines is 2. The van der Waals surface area contributed by atoms with Crippen LogP contribution in [0.15, 0.2) is 36.5 Å². The van der Waals surface area contributed by atoms with Crippen molar-refractivity contribution in [1.82, 2.24) is 10.3 Å². The zero-order chi connectivity index (χ0) is 18.7. The minimum atomic E-state index is -2.88. The Kier molecular flexibility index (Phi) is 4.97. The molecule has 26 heavy (non-hydrogen) atoms. The van der Waals surface area contributed by atoms with Gasteiger partial charge in [0.05, 0.1) is 17.8 Å². The predicted octanol–water partition coefficient (Wildman–Crippen LogP) is 2.00. The fraction of sp³-hybridized carbons (Fsp3) is 0.235. The first kappa shape index (κ1) is 17.6. The molecule has 0 fully saturated rings. The van der Waals surface area contributed by atoms with E-state index in [1.807, 2.05) is 0 Å². The number of hydrogen-bond donors (Lipinski definition) is 2. The van der Waals surface area contributed by atoms with E-state index in [-0.39, 0.29) is 30.7 Å². The number of carbonyl (C=O) groups is 2. The number of ether oxygens (including phenoxy) is 1. The van der Waals surface area contributed by atoms with Gasteiger partial charge in [-0.3, -0.25) is 9.59 Å². The maximum absolute atomic E-state index is 12.3. The number of benzene rings is 1. The molecule has 9 heteroatoms. The fourth-order valence-corrected chi connectivity index (χ4v) is 2.45. The summed E-state index contributed by atoms with van der Waals surface area (Å²) in [6.07, 6.45) is 1.42. The summed E-state index contributed by atoms with van der Waals surface area (Å²) in [5.74, 6) is 0.107. The van der Waals surface area contributed by atoms with Crippen molar-refractivity contribution in [3.05, 3.63) is 47.7 Å². The number of carbonyl (C=O) groups excluding carboxylic acids is 2. The highest BCUT2D eigenvalue weighted by Gasteiger charge is 2.22. The summed E-state index contributed by atoms with van der Waals surface area (Å²) in [5, 5.41) is 5.60. The number of nitrogens with zero attached hydrogens (tertiary/aromatic N) is 2. The summed E-state index contributed by atoms with van der Waals surface area (Å²) in [4.78, 5) is 29.6. The molecule has 0 saturated heterocycles. The van der Waals surface area contributed by atoms with Crippen LogP contribution in [0.4, 0.5) is 20.3 Å². The van der Waals surface area contributed by atoms with Crippen LogP contribution in [0.2, 0.25) is 0 Å². The molecular formula is C17H16F2N4O3. The maximum Gasteiger partial charge on any atom is 0.387 e. The van der Waals surface area contributed by atoms with E-state index in [0.717, 1.165) is 5.56 Å². The Labute approximate surface area is 148 Å². The molecule has 2 aromatic rings. The topological polar surface area (TPSA) is 83.6 Å². The van der Waals surface area contributed by atoms with Gasteiger partial charge in [0.25, 0.3) is 5.91 Å². The molecule has 0 unspecified atom stereocenters. The number of aromatic nitrogens is 1. The molecule has 1 aliphatic rings. The predicted molar refractivity (Wildman–Crippen MR) is 90.4 cm³/mol. The molecule has 0 saturated carbocycles. The number of halogens is 2. The first-order chi connectivity index (χ1) is 12.4. The smallest absolute Gasteiger partial charge is 0.387 e. The molecule has 2 N–H and O–H groups in total. The van der Waals surface area contributed by atoms with E-state index in [2.05, 4.69) is 20.4 Å². The molecular weight excluding hydrogens is 346 g/mol. The quantitative estimate of drug-likeness (QED) is 0.850. The lowest BCUT2D eigenvalue weighted by Crippen LogP contribution is -2.37. The Bertz CT molecular complexity index is 827. The van der Waals surface area contributed by atoms with Gasteiger partial charge in [-0.15, -0.1) is 0 Å². The number of likely N-dealkylation sites (N-methyl/N-ethyl adjacent to an activating group) is 1. The Morgan fingerprint density at radius 2 is 2.12 bits per heavy atom. The van der Waals surface area contributed by atoms with Gasteiger partial charge in [0.2, 0.25) is 5.91 Å². The number of alkyl halides is 2. The van der Waals surface area contributed by atoms with Crippen LogP contribution in [0.5, 0.6) is 5.75 Å². The van der Waals surface area contributed by atoms with Crippen molar-refractivity contribution in [2.75, 3.05) is 23.8 Å². The van der Waals surface area contributed by atoms with Crippen LogP contribution < -0.4 is 20.3 Å². The van der Waals surface area contributed by atoms with Crippen molar-refractivity contribution >= 4 is 23.3 Å². The second-order valence-corrected chi connectivity index (χ2v) is 5.60. The second-order valence-electron chi connectivity index (χ2n) is 5.60. The number of hydrogen-bond acceptors (Lipinski definition) is 5. The normalized spacial score (nSPS) is 13.2. The summed E-state index contributed by atoms with van der Waals surface area (Å²) in [6, 6.07) is 7.56. The number of nitrogens with one attached hydrogen (secondary N) is 2. The molecule has 0 atom stereocenters. The summed E-state index contributed by atoms with van der Waals surface area (Å²) in [7, 11) is 1.62. The fourth-order valence-electron chi connectivity index (χ4n) is 2.45. The van der Waals surface area contributed by atoms with Crippen LogP contribution in [0.3, 0.4) is 0 Å². The van der Waals surface area contributed by atoms with Gasteiger partial charge in [0, 0.05) is 19.8 Å². The van der Waals surface area contributed by atoms with Gasteiger partial charge in [0.15, 0.2) is 0 Å². The van der Waals surface area contributed by atoms with E-state index in [9.17, 15) is 18.4 Å². The zero-order valence-electron chi connectivity index (χ0n) is 13.8. The summed E-state index contributed by atoms with van der Waals surface area (Å²) < 4.78 is 28.5. The van der Waals surface area contributed by atoms with Crippen LogP contribution in [0.1, 0.15) is 15.9 Å². The van der Waals surface area contributed by atoms with Gasteiger partial charge in [-0.05, 0) is 23.8 Å². The standard InChI is InChI=1S/C17H16F2N4O3/c1-23-13-6-11(8-20-15(13)21-9-14(23)24)16(25)22-7-10-2-4-12(5-3-10)26-17(18)19/h2-6,8,17H,7,9H2,1H3,(H,20,21)(H,22,25). The number of pyridine rings is 1. The molecule has 0 spiro atoms. The molecule has 7 nitrogen and oxygen atoms in total. The van der Waals surface area contributed by atoms with E-state index in [1.54, 1.807) is 25.2 Å². The van der Waals surface area contributed by atoms with Crippen molar-refractivity contribution in [3.63, 3.8) is 0 Å². The Balaban J connectivity index is 1.64. The van der Waals surface area contributed by atoms with Gasteiger partial charge in [-0.25, -0.2) is 4.98 Å². The highest BCUT2D eigenvalue weighted by atomic mass is 19.3. The molecule has 1 aliphatic heterocycles. The van der Waals surface area contributed by atoms with Crippen LogP contribution in [-0.4, -0.2) is 37.0 Å². The molecule has 2 amide bonds. The summed E-state index contributed by atoms with van der Waals surface area (Å²) >= 11 is 0. The summed E-state index contributed by atoms with van der Waals surface area (Å²) in [5.41, 5.74) is 1.56. The van der Waals surface area contributed by atoms with Crippen molar-refractivity contribution in [2.45, 2.75) is 13.2 Å². The van der Waals surface area contributed by atoms with Crippen LogP contribution in [0.25, 0.3) is 0 Å². The van der Waals surface area contributed by atoms with E-state index >= 15 is 0 Å². The molecule has 1 aromatic heterocycles. The maximum atomic E-state index is 12.3. The van der Waals surface area contributed by atoms with Crippen molar-refractivity contribution in [2.24, 2.45) is 0 Å². The second kappa shape index (κ2) is 7.34. The van der Waals surface area contributed by atoms with E-state index in [4.69, 9.17) is 0 Å².